The smallest absolute Gasteiger partial charge is 0.406 e. The van der Waals surface area contributed by atoms with Crippen molar-refractivity contribution >= 4 is 6.09 Å². The number of hydrogen-bond donors (Lipinski definition) is 1. The van der Waals surface area contributed by atoms with Crippen LogP contribution in [0.25, 0.3) is 0 Å². The van der Waals surface area contributed by atoms with E-state index in [4.69, 9.17) is 4.74 Å². The molecule has 0 bridgehead atoms. The Morgan fingerprint density at radius 2 is 2.19 bits per heavy atom. The Kier molecular flexibility index (Phi) is 4.57. The molecule has 0 aliphatic rings. The van der Waals surface area contributed by atoms with Gasteiger partial charge in [0, 0.05) is 6.54 Å². The van der Waals surface area contributed by atoms with Gasteiger partial charge in [0.1, 0.15) is 11.6 Å². The molecular formula is C11H14FNO3. The van der Waals surface area contributed by atoms with Gasteiger partial charge in [0.25, 0.3) is 0 Å². The van der Waals surface area contributed by atoms with Crippen LogP contribution in [0.3, 0.4) is 0 Å². The van der Waals surface area contributed by atoms with Crippen molar-refractivity contribution in [2.75, 3.05) is 20.8 Å². The van der Waals surface area contributed by atoms with Gasteiger partial charge in [0.15, 0.2) is 0 Å². The molecule has 1 aromatic carbocycles. The summed E-state index contributed by atoms with van der Waals surface area (Å²) >= 11 is 0. The average Bonchev–Trinajstić information content (AvgIpc) is 2.31. The van der Waals surface area contributed by atoms with Gasteiger partial charge in [-0.2, -0.15) is 0 Å². The van der Waals surface area contributed by atoms with Gasteiger partial charge < -0.3 is 14.8 Å². The van der Waals surface area contributed by atoms with Crippen LogP contribution in [-0.2, 0) is 11.2 Å². The molecule has 4 nitrogen and oxygen atoms in total. The lowest BCUT2D eigenvalue weighted by Gasteiger charge is -2.07. The molecule has 0 fully saturated rings. The van der Waals surface area contributed by atoms with Gasteiger partial charge in [-0.05, 0) is 30.2 Å². The summed E-state index contributed by atoms with van der Waals surface area (Å²) in [5, 5.41) is 2.48. The van der Waals surface area contributed by atoms with Gasteiger partial charge in [0.2, 0.25) is 0 Å². The second-order valence-corrected chi connectivity index (χ2v) is 3.13. The predicted molar refractivity (Wildman–Crippen MR) is 57.1 cm³/mol. The van der Waals surface area contributed by atoms with E-state index < -0.39 is 6.09 Å². The summed E-state index contributed by atoms with van der Waals surface area (Å²) < 4.78 is 22.7. The summed E-state index contributed by atoms with van der Waals surface area (Å²) in [5.41, 5.74) is 0.496. The van der Waals surface area contributed by atoms with E-state index in [1.54, 1.807) is 12.1 Å². The Hall–Kier alpha value is -1.78. The monoisotopic (exact) mass is 227 g/mol. The van der Waals surface area contributed by atoms with Crippen LogP contribution in [0.15, 0.2) is 18.2 Å². The quantitative estimate of drug-likeness (QED) is 0.852. The second kappa shape index (κ2) is 5.95. The molecule has 0 saturated carbocycles. The molecule has 0 aliphatic carbocycles. The highest BCUT2D eigenvalue weighted by molar-refractivity contribution is 5.66. The second-order valence-electron chi connectivity index (χ2n) is 3.13. The molecule has 0 aliphatic heterocycles. The number of rotatable bonds is 4. The molecule has 0 heterocycles. The van der Waals surface area contributed by atoms with E-state index in [9.17, 15) is 9.18 Å². The van der Waals surface area contributed by atoms with Crippen LogP contribution in [0, 0.1) is 5.82 Å². The van der Waals surface area contributed by atoms with Crippen LogP contribution in [0.5, 0.6) is 5.75 Å². The summed E-state index contributed by atoms with van der Waals surface area (Å²) in [6, 6.07) is 4.49. The number of carbonyl (C=O) groups excluding carboxylic acids is 1. The molecule has 0 radical (unpaired) electrons. The van der Waals surface area contributed by atoms with Gasteiger partial charge in [-0.25, -0.2) is 9.18 Å². The maximum Gasteiger partial charge on any atom is 0.406 e. The molecule has 0 unspecified atom stereocenters. The van der Waals surface area contributed by atoms with Crippen molar-refractivity contribution in [3.05, 3.63) is 29.6 Å². The molecule has 1 aromatic rings. The van der Waals surface area contributed by atoms with Gasteiger partial charge in [-0.1, -0.05) is 0 Å². The molecular weight excluding hydrogens is 213 g/mol. The van der Waals surface area contributed by atoms with Crippen molar-refractivity contribution in [3.8, 4) is 5.75 Å². The van der Waals surface area contributed by atoms with Gasteiger partial charge in [0.05, 0.1) is 14.2 Å². The molecule has 0 spiro atoms. The van der Waals surface area contributed by atoms with E-state index in [2.05, 4.69) is 10.1 Å². The molecule has 16 heavy (non-hydrogen) atoms. The van der Waals surface area contributed by atoms with E-state index in [1.165, 1.54) is 20.3 Å². The van der Waals surface area contributed by atoms with Crippen LogP contribution in [0.1, 0.15) is 5.56 Å². The van der Waals surface area contributed by atoms with Gasteiger partial charge in [-0.3, -0.25) is 0 Å². The number of benzene rings is 1. The number of ether oxygens (including phenoxy) is 2. The number of carbonyl (C=O) groups is 1. The SMILES string of the molecule is COC(=O)NCCc1cc(OC)ccc1F. The Morgan fingerprint density at radius 1 is 1.44 bits per heavy atom. The molecule has 1 N–H and O–H groups in total. The van der Waals surface area contributed by atoms with Crippen LogP contribution in [-0.4, -0.2) is 26.9 Å². The van der Waals surface area contributed by atoms with Gasteiger partial charge >= 0.3 is 6.09 Å². The normalized spacial score (nSPS) is 9.69. The highest BCUT2D eigenvalue weighted by Crippen LogP contribution is 2.16. The number of halogens is 1. The van der Waals surface area contributed by atoms with Crippen molar-refractivity contribution in [1.29, 1.82) is 0 Å². The topological polar surface area (TPSA) is 47.6 Å². The molecule has 1 rings (SSSR count). The number of hydrogen-bond acceptors (Lipinski definition) is 3. The summed E-state index contributed by atoms with van der Waals surface area (Å²) in [4.78, 5) is 10.8. The molecule has 5 heteroatoms. The third-order valence-corrected chi connectivity index (χ3v) is 2.10. The lowest BCUT2D eigenvalue weighted by molar-refractivity contribution is 0.171. The first-order chi connectivity index (χ1) is 7.67. The molecule has 0 aromatic heterocycles. The zero-order chi connectivity index (χ0) is 12.0. The summed E-state index contributed by atoms with van der Waals surface area (Å²) in [5.74, 6) is 0.280. The standard InChI is InChI=1S/C11H14FNO3/c1-15-9-3-4-10(12)8(7-9)5-6-13-11(14)16-2/h3-4,7H,5-6H2,1-2H3,(H,13,14). The van der Waals surface area contributed by atoms with Crippen molar-refractivity contribution < 1.29 is 18.7 Å². The lowest BCUT2D eigenvalue weighted by Crippen LogP contribution is -2.25. The van der Waals surface area contributed by atoms with E-state index in [-0.39, 0.29) is 5.82 Å². The van der Waals surface area contributed by atoms with Crippen molar-refractivity contribution in [2.24, 2.45) is 0 Å². The van der Waals surface area contributed by atoms with E-state index >= 15 is 0 Å². The number of nitrogens with one attached hydrogen (secondary N) is 1. The molecule has 0 atom stereocenters. The molecule has 1 amide bonds. The Labute approximate surface area is 93.4 Å². The largest absolute Gasteiger partial charge is 0.497 e. The number of amides is 1. The first-order valence-corrected chi connectivity index (χ1v) is 4.81. The maximum absolute atomic E-state index is 13.3. The minimum Gasteiger partial charge on any atom is -0.497 e. The van der Waals surface area contributed by atoms with E-state index in [1.807, 2.05) is 0 Å². The lowest BCUT2D eigenvalue weighted by atomic mass is 10.1. The Bertz CT molecular complexity index is 368. The maximum atomic E-state index is 13.3. The molecule has 0 saturated heterocycles. The third kappa shape index (κ3) is 3.42. The average molecular weight is 227 g/mol. The van der Waals surface area contributed by atoms with Crippen molar-refractivity contribution in [2.45, 2.75) is 6.42 Å². The fourth-order valence-corrected chi connectivity index (χ4v) is 1.24. The van der Waals surface area contributed by atoms with Gasteiger partial charge in [-0.15, -0.1) is 0 Å². The minimum absolute atomic E-state index is 0.313. The molecule has 88 valence electrons. The highest BCUT2D eigenvalue weighted by Gasteiger charge is 2.05. The van der Waals surface area contributed by atoms with E-state index in [0.717, 1.165) is 0 Å². The van der Waals surface area contributed by atoms with Crippen LogP contribution in [0.4, 0.5) is 9.18 Å². The number of methoxy groups -OCH3 is 2. The third-order valence-electron chi connectivity index (χ3n) is 2.10. The fourth-order valence-electron chi connectivity index (χ4n) is 1.24. The summed E-state index contributed by atoms with van der Waals surface area (Å²) in [6.07, 6.45) is -0.138. The first-order valence-electron chi connectivity index (χ1n) is 4.81. The Morgan fingerprint density at radius 3 is 2.81 bits per heavy atom. The fraction of sp³-hybridized carbons (Fsp3) is 0.364. The highest BCUT2D eigenvalue weighted by atomic mass is 19.1. The number of alkyl carbamates (subject to hydrolysis) is 1. The zero-order valence-corrected chi connectivity index (χ0v) is 9.25. The predicted octanol–water partition coefficient (Wildman–Crippen LogP) is 1.73. The zero-order valence-electron chi connectivity index (χ0n) is 9.25. The van der Waals surface area contributed by atoms with Crippen LogP contribution in [0.2, 0.25) is 0 Å². The Balaban J connectivity index is 2.55. The van der Waals surface area contributed by atoms with Crippen molar-refractivity contribution in [1.82, 2.24) is 5.32 Å². The van der Waals surface area contributed by atoms with Crippen LogP contribution >= 0.6 is 0 Å². The van der Waals surface area contributed by atoms with E-state index in [0.29, 0.717) is 24.3 Å². The summed E-state index contributed by atoms with van der Waals surface area (Å²) in [6.45, 7) is 0.316. The first kappa shape index (κ1) is 12.3. The minimum atomic E-state index is -0.525. The summed E-state index contributed by atoms with van der Waals surface area (Å²) in [7, 11) is 2.80. The van der Waals surface area contributed by atoms with Crippen LogP contribution < -0.4 is 10.1 Å². The van der Waals surface area contributed by atoms with Crippen molar-refractivity contribution in [3.63, 3.8) is 0 Å².